The summed E-state index contributed by atoms with van der Waals surface area (Å²) in [6.07, 6.45) is 6.98. The summed E-state index contributed by atoms with van der Waals surface area (Å²) >= 11 is 3.13. The molecule has 0 saturated heterocycles. The van der Waals surface area contributed by atoms with Crippen LogP contribution < -0.4 is 0 Å². The van der Waals surface area contributed by atoms with Gasteiger partial charge in [-0.3, -0.25) is 4.98 Å². The van der Waals surface area contributed by atoms with Gasteiger partial charge in [0.05, 0.1) is 16.4 Å². The lowest BCUT2D eigenvalue weighted by molar-refractivity contribution is -0.136. The predicted octanol–water partition coefficient (Wildman–Crippen LogP) is 4.15. The van der Waals surface area contributed by atoms with Crippen molar-refractivity contribution in [2.75, 3.05) is 18.1 Å². The molecule has 0 amide bonds. The molecule has 0 aliphatic carbocycles. The van der Waals surface area contributed by atoms with Crippen molar-refractivity contribution in [3.05, 3.63) is 59.6 Å². The summed E-state index contributed by atoms with van der Waals surface area (Å²) in [5.74, 6) is 1.12. The third-order valence-corrected chi connectivity index (χ3v) is 4.74. The number of aromatic nitrogens is 1. The van der Waals surface area contributed by atoms with Gasteiger partial charge in [0, 0.05) is 29.5 Å². The number of pyridine rings is 1. The molecule has 3 nitrogen and oxygen atoms in total. The van der Waals surface area contributed by atoms with Gasteiger partial charge in [-0.1, -0.05) is 18.2 Å². The van der Waals surface area contributed by atoms with E-state index in [-0.39, 0.29) is 5.97 Å². The van der Waals surface area contributed by atoms with Crippen LogP contribution in [-0.2, 0) is 9.53 Å². The van der Waals surface area contributed by atoms with Crippen molar-refractivity contribution in [2.45, 2.75) is 6.92 Å². The zero-order valence-electron chi connectivity index (χ0n) is 12.1. The molecule has 21 heavy (non-hydrogen) atoms. The third kappa shape index (κ3) is 5.81. The topological polar surface area (TPSA) is 39.2 Å². The molecule has 5 heteroatoms. The van der Waals surface area contributed by atoms with E-state index in [1.54, 1.807) is 42.8 Å². The van der Waals surface area contributed by atoms with Crippen molar-refractivity contribution in [3.8, 4) is 0 Å². The highest BCUT2D eigenvalue weighted by Gasteiger charge is 2.19. The van der Waals surface area contributed by atoms with Crippen LogP contribution in [0.3, 0.4) is 0 Å². The van der Waals surface area contributed by atoms with Crippen molar-refractivity contribution in [1.82, 2.24) is 4.98 Å². The molecule has 0 bridgehead atoms. The number of nitrogens with zero attached hydrogens (tertiary/aromatic N) is 1. The fourth-order valence-electron chi connectivity index (χ4n) is 1.49. The minimum atomic E-state index is -0.325. The molecule has 0 aromatic carbocycles. The Morgan fingerprint density at radius 1 is 1.33 bits per heavy atom. The molecule has 0 aliphatic heterocycles. The van der Waals surface area contributed by atoms with Gasteiger partial charge in [0.15, 0.2) is 0 Å². The third-order valence-electron chi connectivity index (χ3n) is 2.30. The maximum atomic E-state index is 12.3. The minimum absolute atomic E-state index is 0.325. The summed E-state index contributed by atoms with van der Waals surface area (Å²) in [5.41, 5.74) is 1.32. The molecule has 1 aromatic rings. The predicted molar refractivity (Wildman–Crippen MR) is 93.1 cm³/mol. The van der Waals surface area contributed by atoms with Crippen molar-refractivity contribution in [3.63, 3.8) is 0 Å². The van der Waals surface area contributed by atoms with Gasteiger partial charge in [-0.2, -0.15) is 0 Å². The van der Waals surface area contributed by atoms with Gasteiger partial charge in [-0.25, -0.2) is 4.79 Å². The Morgan fingerprint density at radius 2 is 2.00 bits per heavy atom. The molecule has 0 atom stereocenters. The maximum Gasteiger partial charge on any atom is 0.340 e. The SMILES string of the molecule is C=CCSC(SCC=C)=C(C(=O)OCC)c1cccnc1. The second-order valence-corrected chi connectivity index (χ2v) is 6.14. The number of ether oxygens (including phenoxy) is 1. The quantitative estimate of drug-likeness (QED) is 0.388. The molecule has 0 saturated carbocycles. The smallest absolute Gasteiger partial charge is 0.340 e. The molecule has 112 valence electrons. The van der Waals surface area contributed by atoms with Gasteiger partial charge >= 0.3 is 5.97 Å². The second-order valence-electron chi connectivity index (χ2n) is 3.82. The summed E-state index contributed by atoms with van der Waals surface area (Å²) < 4.78 is 6.10. The Bertz CT molecular complexity index is 498. The number of carbonyl (C=O) groups is 1. The molecule has 1 heterocycles. The van der Waals surface area contributed by atoms with Crippen LogP contribution in [0.2, 0.25) is 0 Å². The molecular weight excluding hydrogens is 302 g/mol. The zero-order chi connectivity index (χ0) is 15.5. The first-order chi connectivity index (χ1) is 10.2. The van der Waals surface area contributed by atoms with Crippen LogP contribution in [0.4, 0.5) is 0 Å². The van der Waals surface area contributed by atoms with E-state index >= 15 is 0 Å². The number of esters is 1. The van der Waals surface area contributed by atoms with Crippen LogP contribution in [0.15, 0.2) is 54.1 Å². The van der Waals surface area contributed by atoms with Gasteiger partial charge in [-0.05, 0) is 13.0 Å². The van der Waals surface area contributed by atoms with Crippen LogP contribution in [0.1, 0.15) is 12.5 Å². The van der Waals surface area contributed by atoms with E-state index in [0.717, 1.165) is 21.3 Å². The number of thioether (sulfide) groups is 2. The Hall–Kier alpha value is -1.46. The summed E-state index contributed by atoms with van der Waals surface area (Å²) in [7, 11) is 0. The molecular formula is C16H19NO2S2. The van der Waals surface area contributed by atoms with E-state index in [2.05, 4.69) is 18.1 Å². The highest BCUT2D eigenvalue weighted by molar-refractivity contribution is 8.22. The standard InChI is InChI=1S/C16H19NO2S2/c1-4-10-20-16(21-11-5-2)14(15(18)19-6-3)13-8-7-9-17-12-13/h4-5,7-9,12H,1-2,6,10-11H2,3H3. The highest BCUT2D eigenvalue weighted by atomic mass is 32.2. The fraction of sp³-hybridized carbons (Fsp3) is 0.250. The lowest BCUT2D eigenvalue weighted by atomic mass is 10.1. The van der Waals surface area contributed by atoms with E-state index in [1.807, 2.05) is 24.3 Å². The first kappa shape index (κ1) is 17.6. The first-order valence-corrected chi connectivity index (χ1v) is 8.50. The second kappa shape index (κ2) is 10.3. The lowest BCUT2D eigenvalue weighted by Crippen LogP contribution is -2.08. The highest BCUT2D eigenvalue weighted by Crippen LogP contribution is 2.36. The average molecular weight is 321 g/mol. The molecule has 1 rings (SSSR count). The van der Waals surface area contributed by atoms with Gasteiger partial charge in [0.1, 0.15) is 0 Å². The van der Waals surface area contributed by atoms with Crippen LogP contribution in [-0.4, -0.2) is 29.1 Å². The van der Waals surface area contributed by atoms with Crippen molar-refractivity contribution in [2.24, 2.45) is 0 Å². The zero-order valence-corrected chi connectivity index (χ0v) is 13.7. The summed E-state index contributed by atoms with van der Waals surface area (Å²) in [6.45, 7) is 9.59. The van der Waals surface area contributed by atoms with Gasteiger partial charge in [0.2, 0.25) is 0 Å². The number of carbonyl (C=O) groups excluding carboxylic acids is 1. The number of rotatable bonds is 9. The summed E-state index contributed by atoms with van der Waals surface area (Å²) in [4.78, 5) is 16.4. The molecule has 0 radical (unpaired) electrons. The monoisotopic (exact) mass is 321 g/mol. The van der Waals surface area contributed by atoms with Crippen molar-refractivity contribution >= 4 is 35.1 Å². The molecule has 0 fully saturated rings. The lowest BCUT2D eigenvalue weighted by Gasteiger charge is -2.13. The summed E-state index contributed by atoms with van der Waals surface area (Å²) in [6, 6.07) is 3.67. The van der Waals surface area contributed by atoms with Crippen LogP contribution in [0.5, 0.6) is 0 Å². The van der Waals surface area contributed by atoms with E-state index in [4.69, 9.17) is 4.74 Å². The first-order valence-electron chi connectivity index (χ1n) is 6.53. The molecule has 1 aromatic heterocycles. The van der Waals surface area contributed by atoms with Gasteiger partial charge in [0.25, 0.3) is 0 Å². The van der Waals surface area contributed by atoms with E-state index in [1.165, 1.54) is 0 Å². The Kier molecular flexibility index (Phi) is 8.62. The minimum Gasteiger partial charge on any atom is -0.462 e. The van der Waals surface area contributed by atoms with Gasteiger partial charge in [-0.15, -0.1) is 36.7 Å². The Balaban J connectivity index is 3.25. The molecule has 0 unspecified atom stereocenters. The number of hydrogen-bond acceptors (Lipinski definition) is 5. The van der Waals surface area contributed by atoms with Gasteiger partial charge < -0.3 is 4.74 Å². The normalized spacial score (nSPS) is 9.76. The van der Waals surface area contributed by atoms with Crippen molar-refractivity contribution in [1.29, 1.82) is 0 Å². The van der Waals surface area contributed by atoms with E-state index in [9.17, 15) is 4.79 Å². The molecule has 0 spiro atoms. The maximum absolute atomic E-state index is 12.3. The fourth-order valence-corrected chi connectivity index (χ4v) is 3.46. The largest absolute Gasteiger partial charge is 0.462 e. The van der Waals surface area contributed by atoms with E-state index < -0.39 is 0 Å². The van der Waals surface area contributed by atoms with E-state index in [0.29, 0.717) is 12.2 Å². The Labute approximate surface area is 134 Å². The van der Waals surface area contributed by atoms with Crippen LogP contribution >= 0.6 is 23.5 Å². The Morgan fingerprint density at radius 3 is 2.48 bits per heavy atom. The average Bonchev–Trinajstić information content (AvgIpc) is 2.51. The summed E-state index contributed by atoms with van der Waals surface area (Å²) in [5, 5.41) is 0. The van der Waals surface area contributed by atoms with Crippen LogP contribution in [0.25, 0.3) is 5.57 Å². The van der Waals surface area contributed by atoms with Crippen molar-refractivity contribution < 1.29 is 9.53 Å². The number of hydrogen-bond donors (Lipinski definition) is 0. The van der Waals surface area contributed by atoms with Crippen LogP contribution in [0, 0.1) is 0 Å². The molecule has 0 aliphatic rings. The molecule has 0 N–H and O–H groups in total.